The van der Waals surface area contributed by atoms with Crippen molar-refractivity contribution in [3.63, 3.8) is 0 Å². The molecule has 1 atom stereocenters. The predicted octanol–water partition coefficient (Wildman–Crippen LogP) is 0.786. The average molecular weight is 347 g/mol. The number of carbonyl (C=O) groups is 1. The molecular formula is C15H23ClN2O5. The summed E-state index contributed by atoms with van der Waals surface area (Å²) in [6, 6.07) is 4.93. The average Bonchev–Trinajstić information content (AvgIpc) is 2.98. The van der Waals surface area contributed by atoms with Gasteiger partial charge in [-0.15, -0.1) is 12.4 Å². The van der Waals surface area contributed by atoms with Crippen molar-refractivity contribution in [3.05, 3.63) is 23.8 Å². The Morgan fingerprint density at radius 1 is 1.30 bits per heavy atom. The van der Waals surface area contributed by atoms with Gasteiger partial charge in [0.1, 0.15) is 6.04 Å². The second kappa shape index (κ2) is 9.57. The van der Waals surface area contributed by atoms with Crippen molar-refractivity contribution in [3.8, 4) is 11.5 Å². The molecule has 23 heavy (non-hydrogen) atoms. The first-order valence-electron chi connectivity index (χ1n) is 7.06. The summed E-state index contributed by atoms with van der Waals surface area (Å²) in [4.78, 5) is 14.0. The maximum Gasteiger partial charge on any atom is 0.242 e. The van der Waals surface area contributed by atoms with Crippen molar-refractivity contribution in [1.82, 2.24) is 4.90 Å². The molecule has 1 amide bonds. The Labute approximate surface area is 142 Å². The van der Waals surface area contributed by atoms with Gasteiger partial charge in [-0.3, -0.25) is 4.79 Å². The molecule has 130 valence electrons. The van der Waals surface area contributed by atoms with Crippen LogP contribution in [0, 0.1) is 0 Å². The van der Waals surface area contributed by atoms with Crippen LogP contribution in [0.5, 0.6) is 11.5 Å². The van der Waals surface area contributed by atoms with E-state index in [1.165, 1.54) is 7.11 Å². The van der Waals surface area contributed by atoms with Crippen LogP contribution >= 0.6 is 12.4 Å². The minimum absolute atomic E-state index is 0. The van der Waals surface area contributed by atoms with Gasteiger partial charge >= 0.3 is 0 Å². The number of methoxy groups -OCH3 is 2. The summed E-state index contributed by atoms with van der Waals surface area (Å²) in [5.74, 6) is 1.24. The lowest BCUT2D eigenvalue weighted by Crippen LogP contribution is -2.46. The summed E-state index contributed by atoms with van der Waals surface area (Å²) < 4.78 is 20.6. The molecule has 0 saturated heterocycles. The van der Waals surface area contributed by atoms with Crippen molar-refractivity contribution >= 4 is 18.3 Å². The number of halogens is 1. The van der Waals surface area contributed by atoms with Gasteiger partial charge in [0, 0.05) is 27.3 Å². The van der Waals surface area contributed by atoms with E-state index in [0.29, 0.717) is 25.4 Å². The highest BCUT2D eigenvalue weighted by atomic mass is 35.5. The zero-order valence-corrected chi connectivity index (χ0v) is 14.1. The molecular weight excluding hydrogens is 324 g/mol. The topological polar surface area (TPSA) is 83.2 Å². The minimum atomic E-state index is -0.684. The van der Waals surface area contributed by atoms with Crippen LogP contribution in [0.4, 0.5) is 0 Å². The molecule has 0 bridgehead atoms. The molecule has 0 fully saturated rings. The molecule has 0 aromatic heterocycles. The number of amides is 1. The van der Waals surface area contributed by atoms with E-state index in [1.807, 2.05) is 18.2 Å². The molecule has 1 aromatic rings. The lowest BCUT2D eigenvalue weighted by molar-refractivity contribution is -0.135. The first-order chi connectivity index (χ1) is 10.7. The summed E-state index contributed by atoms with van der Waals surface area (Å²) in [5, 5.41) is 0. The summed E-state index contributed by atoms with van der Waals surface area (Å²) in [7, 11) is 3.11. The number of hydrogen-bond acceptors (Lipinski definition) is 6. The molecule has 2 rings (SSSR count). The molecule has 0 saturated carbocycles. The number of carbonyl (C=O) groups excluding carboxylic acids is 1. The fourth-order valence-corrected chi connectivity index (χ4v) is 2.21. The van der Waals surface area contributed by atoms with E-state index in [0.717, 1.165) is 11.3 Å². The molecule has 1 unspecified atom stereocenters. The summed E-state index contributed by atoms with van der Waals surface area (Å²) in [5.41, 5.74) is 6.79. The quantitative estimate of drug-likeness (QED) is 0.749. The van der Waals surface area contributed by atoms with Gasteiger partial charge in [0.25, 0.3) is 0 Å². The Morgan fingerprint density at radius 2 is 2.04 bits per heavy atom. The Hall–Kier alpha value is -1.54. The first-order valence-corrected chi connectivity index (χ1v) is 7.06. The van der Waals surface area contributed by atoms with Crippen LogP contribution in [-0.2, 0) is 20.8 Å². The van der Waals surface area contributed by atoms with Gasteiger partial charge in [0.2, 0.25) is 12.7 Å². The van der Waals surface area contributed by atoms with Gasteiger partial charge in [0.05, 0.1) is 13.2 Å². The molecule has 1 aliphatic heterocycles. The monoisotopic (exact) mass is 346 g/mol. The number of hydrogen-bond donors (Lipinski definition) is 1. The molecule has 1 aliphatic rings. The number of nitrogens with two attached hydrogens (primary N) is 1. The third kappa shape index (κ3) is 5.24. The zero-order valence-electron chi connectivity index (χ0n) is 13.3. The van der Waals surface area contributed by atoms with Gasteiger partial charge in [-0.25, -0.2) is 0 Å². The lowest BCUT2D eigenvalue weighted by atomic mass is 10.1. The van der Waals surface area contributed by atoms with E-state index >= 15 is 0 Å². The second-order valence-corrected chi connectivity index (χ2v) is 5.00. The van der Waals surface area contributed by atoms with Crippen molar-refractivity contribution in [1.29, 1.82) is 0 Å². The highest BCUT2D eigenvalue weighted by Crippen LogP contribution is 2.32. The van der Waals surface area contributed by atoms with E-state index in [9.17, 15) is 4.79 Å². The second-order valence-electron chi connectivity index (χ2n) is 5.00. The van der Waals surface area contributed by atoms with Crippen molar-refractivity contribution in [2.45, 2.75) is 12.6 Å². The molecule has 2 N–H and O–H groups in total. The molecule has 1 heterocycles. The first kappa shape index (κ1) is 19.5. The van der Waals surface area contributed by atoms with Crippen LogP contribution in [0.3, 0.4) is 0 Å². The number of fused-ring (bicyclic) bond motifs is 1. The normalized spacial score (nSPS) is 13.3. The van der Waals surface area contributed by atoms with E-state index < -0.39 is 6.04 Å². The van der Waals surface area contributed by atoms with Crippen LogP contribution in [-0.4, -0.2) is 57.6 Å². The third-order valence-electron chi connectivity index (χ3n) is 3.35. The number of nitrogens with zero attached hydrogens (tertiary/aromatic N) is 1. The van der Waals surface area contributed by atoms with E-state index in [2.05, 4.69) is 0 Å². The SMILES string of the molecule is COCCN(Cc1ccc2c(c1)OCO2)C(=O)C(N)COC.Cl. The van der Waals surface area contributed by atoms with Crippen molar-refractivity contribution < 1.29 is 23.7 Å². The standard InChI is InChI=1S/C15H22N2O5.ClH/c1-19-6-5-17(15(18)12(16)9-20-2)8-11-3-4-13-14(7-11)22-10-21-13;/h3-4,7,12H,5-6,8-10,16H2,1-2H3;1H. The van der Waals surface area contributed by atoms with E-state index in [4.69, 9.17) is 24.7 Å². The number of benzene rings is 1. The number of ether oxygens (including phenoxy) is 4. The van der Waals surface area contributed by atoms with Crippen LogP contribution < -0.4 is 15.2 Å². The smallest absolute Gasteiger partial charge is 0.242 e. The summed E-state index contributed by atoms with van der Waals surface area (Å²) in [6.07, 6.45) is 0. The third-order valence-corrected chi connectivity index (χ3v) is 3.35. The molecule has 0 aliphatic carbocycles. The lowest BCUT2D eigenvalue weighted by Gasteiger charge is -2.25. The Bertz CT molecular complexity index is 515. The van der Waals surface area contributed by atoms with Crippen LogP contribution in [0.15, 0.2) is 18.2 Å². The highest BCUT2D eigenvalue weighted by Gasteiger charge is 2.22. The Morgan fingerprint density at radius 3 is 2.74 bits per heavy atom. The predicted molar refractivity (Wildman–Crippen MR) is 87.0 cm³/mol. The van der Waals surface area contributed by atoms with Gasteiger partial charge < -0.3 is 29.6 Å². The maximum atomic E-state index is 12.4. The largest absolute Gasteiger partial charge is 0.454 e. The molecule has 8 heteroatoms. The Kier molecular flexibility index (Phi) is 8.11. The molecule has 7 nitrogen and oxygen atoms in total. The fraction of sp³-hybridized carbons (Fsp3) is 0.533. The van der Waals surface area contributed by atoms with Crippen LogP contribution in [0.1, 0.15) is 5.56 Å². The van der Waals surface area contributed by atoms with Crippen LogP contribution in [0.25, 0.3) is 0 Å². The van der Waals surface area contributed by atoms with Gasteiger partial charge in [-0.05, 0) is 17.7 Å². The number of rotatable bonds is 8. The van der Waals surface area contributed by atoms with E-state index in [-0.39, 0.29) is 31.7 Å². The van der Waals surface area contributed by atoms with Crippen molar-refractivity contribution in [2.24, 2.45) is 5.73 Å². The van der Waals surface area contributed by atoms with Gasteiger partial charge in [0.15, 0.2) is 11.5 Å². The van der Waals surface area contributed by atoms with Crippen molar-refractivity contribution in [2.75, 3.05) is 40.8 Å². The summed E-state index contributed by atoms with van der Waals surface area (Å²) in [6.45, 7) is 1.74. The van der Waals surface area contributed by atoms with Gasteiger partial charge in [-0.1, -0.05) is 6.07 Å². The zero-order chi connectivity index (χ0) is 15.9. The fourth-order valence-electron chi connectivity index (χ4n) is 2.21. The Balaban J connectivity index is 0.00000264. The molecule has 0 radical (unpaired) electrons. The highest BCUT2D eigenvalue weighted by molar-refractivity contribution is 5.85. The van der Waals surface area contributed by atoms with Gasteiger partial charge in [-0.2, -0.15) is 0 Å². The summed E-state index contributed by atoms with van der Waals surface area (Å²) >= 11 is 0. The van der Waals surface area contributed by atoms with Crippen LogP contribution in [0.2, 0.25) is 0 Å². The minimum Gasteiger partial charge on any atom is -0.454 e. The molecule has 1 aromatic carbocycles. The maximum absolute atomic E-state index is 12.4. The molecule has 0 spiro atoms. The van der Waals surface area contributed by atoms with E-state index in [1.54, 1.807) is 12.0 Å².